The van der Waals surface area contributed by atoms with E-state index < -0.39 is 11.7 Å². The van der Waals surface area contributed by atoms with Gasteiger partial charge in [0.25, 0.3) is 0 Å². The number of amidine groups is 1. The third-order valence-electron chi connectivity index (χ3n) is 1.89. The first kappa shape index (κ1) is 16.0. The Morgan fingerprint density at radius 3 is 2.33 bits per heavy atom. The SMILES string of the molecule is C=CC(=C\C(=C/C)C(F)(F)F)/C(N)=N/N/C=C\C. The maximum atomic E-state index is 12.5. The van der Waals surface area contributed by atoms with Crippen LogP contribution in [0, 0.1) is 0 Å². The molecule has 0 saturated carbocycles. The number of hydrogen-bond acceptors (Lipinski definition) is 2. The number of hydrazone groups is 1. The van der Waals surface area contributed by atoms with E-state index in [9.17, 15) is 13.2 Å². The second-order valence-electron chi connectivity index (χ2n) is 3.17. The molecule has 0 aliphatic carbocycles. The molecule has 100 valence electrons. The summed E-state index contributed by atoms with van der Waals surface area (Å²) in [7, 11) is 0. The predicted molar refractivity (Wildman–Crippen MR) is 67.7 cm³/mol. The van der Waals surface area contributed by atoms with Crippen LogP contribution in [0.15, 0.2) is 53.3 Å². The number of alkyl halides is 3. The Hall–Kier alpha value is -1.98. The van der Waals surface area contributed by atoms with E-state index in [0.29, 0.717) is 0 Å². The lowest BCUT2D eigenvalue weighted by Crippen LogP contribution is -2.19. The van der Waals surface area contributed by atoms with Crippen LogP contribution in [0.5, 0.6) is 0 Å². The molecule has 0 atom stereocenters. The minimum absolute atomic E-state index is 0.0771. The second kappa shape index (κ2) is 7.37. The van der Waals surface area contributed by atoms with Gasteiger partial charge < -0.3 is 5.73 Å². The van der Waals surface area contributed by atoms with Gasteiger partial charge in [0.1, 0.15) is 0 Å². The van der Waals surface area contributed by atoms with Gasteiger partial charge in [-0.2, -0.15) is 18.3 Å². The highest BCUT2D eigenvalue weighted by Gasteiger charge is 2.31. The molecule has 0 aromatic carbocycles. The van der Waals surface area contributed by atoms with E-state index >= 15 is 0 Å². The quantitative estimate of drug-likeness (QED) is 0.345. The van der Waals surface area contributed by atoms with Crippen molar-refractivity contribution in [3.63, 3.8) is 0 Å². The van der Waals surface area contributed by atoms with Gasteiger partial charge in [0, 0.05) is 11.8 Å². The van der Waals surface area contributed by atoms with Crippen molar-refractivity contribution in [2.75, 3.05) is 0 Å². The van der Waals surface area contributed by atoms with Crippen molar-refractivity contribution in [3.8, 4) is 0 Å². The lowest BCUT2D eigenvalue weighted by molar-refractivity contribution is -0.0883. The van der Waals surface area contributed by atoms with E-state index in [2.05, 4.69) is 17.1 Å². The fourth-order valence-electron chi connectivity index (χ4n) is 0.980. The normalized spacial score (nSPS) is 15.1. The van der Waals surface area contributed by atoms with Crippen molar-refractivity contribution < 1.29 is 13.2 Å². The summed E-state index contributed by atoms with van der Waals surface area (Å²) in [6, 6.07) is 0. The zero-order valence-corrected chi connectivity index (χ0v) is 10.3. The van der Waals surface area contributed by atoms with Gasteiger partial charge in [0.2, 0.25) is 0 Å². The van der Waals surface area contributed by atoms with Crippen LogP contribution in [0.1, 0.15) is 13.8 Å². The van der Waals surface area contributed by atoms with Gasteiger partial charge in [0.15, 0.2) is 5.84 Å². The van der Waals surface area contributed by atoms with E-state index in [1.165, 1.54) is 19.2 Å². The summed E-state index contributed by atoms with van der Waals surface area (Å²) in [4.78, 5) is 0. The lowest BCUT2D eigenvalue weighted by atomic mass is 10.1. The summed E-state index contributed by atoms with van der Waals surface area (Å²) < 4.78 is 37.6. The number of allylic oxidation sites excluding steroid dienone is 4. The van der Waals surface area contributed by atoms with Crippen LogP contribution >= 0.6 is 0 Å². The van der Waals surface area contributed by atoms with Gasteiger partial charge in [-0.25, -0.2) is 0 Å². The first-order valence-electron chi connectivity index (χ1n) is 5.14. The molecule has 0 amide bonds. The molecule has 18 heavy (non-hydrogen) atoms. The number of nitrogens with two attached hydrogens (primary N) is 1. The van der Waals surface area contributed by atoms with Gasteiger partial charge >= 0.3 is 6.18 Å². The second-order valence-corrected chi connectivity index (χ2v) is 3.17. The first-order chi connectivity index (χ1) is 8.36. The molecular weight excluding hydrogens is 243 g/mol. The Labute approximate surface area is 104 Å². The standard InChI is InChI=1S/C12H16F3N3/c1-4-7-17-18-11(16)9(5-2)8-10(6-3)12(13,14)15/h4-8,17H,2H2,1,3H3,(H2,16,18)/b7-4-,9-8+,10-6+. The zero-order chi connectivity index (χ0) is 14.2. The average Bonchev–Trinajstić information content (AvgIpc) is 2.29. The van der Waals surface area contributed by atoms with E-state index in [4.69, 9.17) is 5.73 Å². The van der Waals surface area contributed by atoms with Crippen LogP contribution in [0.25, 0.3) is 0 Å². The Bertz CT molecular complexity index is 401. The van der Waals surface area contributed by atoms with Crippen molar-refractivity contribution in [2.24, 2.45) is 10.8 Å². The van der Waals surface area contributed by atoms with E-state index in [0.717, 1.165) is 12.2 Å². The maximum Gasteiger partial charge on any atom is 0.416 e. The maximum absolute atomic E-state index is 12.5. The largest absolute Gasteiger partial charge is 0.416 e. The van der Waals surface area contributed by atoms with Gasteiger partial charge in [-0.3, -0.25) is 5.43 Å². The fraction of sp³-hybridized carbons (Fsp3) is 0.250. The van der Waals surface area contributed by atoms with Gasteiger partial charge in [0.05, 0.1) is 5.57 Å². The summed E-state index contributed by atoms with van der Waals surface area (Å²) in [6.45, 7) is 6.46. The molecule has 0 unspecified atom stereocenters. The van der Waals surface area contributed by atoms with E-state index in [-0.39, 0.29) is 11.4 Å². The molecule has 0 heterocycles. The molecule has 3 N–H and O–H groups in total. The summed E-state index contributed by atoms with van der Waals surface area (Å²) in [5, 5.41) is 3.68. The summed E-state index contributed by atoms with van der Waals surface area (Å²) in [5.74, 6) is -0.0771. The molecule has 0 aliphatic heterocycles. The van der Waals surface area contributed by atoms with Crippen LogP contribution in [0.2, 0.25) is 0 Å². The van der Waals surface area contributed by atoms with Crippen LogP contribution in [0.3, 0.4) is 0 Å². The number of nitrogens with zero attached hydrogens (tertiary/aromatic N) is 1. The molecule has 3 nitrogen and oxygen atoms in total. The van der Waals surface area contributed by atoms with Gasteiger partial charge in [-0.1, -0.05) is 24.8 Å². The van der Waals surface area contributed by atoms with Crippen molar-refractivity contribution in [2.45, 2.75) is 20.0 Å². The monoisotopic (exact) mass is 259 g/mol. The molecule has 0 saturated heterocycles. The molecule has 0 radical (unpaired) electrons. The van der Waals surface area contributed by atoms with E-state index in [1.807, 2.05) is 0 Å². The Morgan fingerprint density at radius 2 is 1.94 bits per heavy atom. The Balaban J connectivity index is 5.20. The van der Waals surface area contributed by atoms with Gasteiger partial charge in [-0.15, -0.1) is 0 Å². The highest BCUT2D eigenvalue weighted by Crippen LogP contribution is 2.27. The molecule has 0 rings (SSSR count). The smallest absolute Gasteiger partial charge is 0.382 e. The lowest BCUT2D eigenvalue weighted by Gasteiger charge is -2.08. The highest BCUT2D eigenvalue weighted by atomic mass is 19.4. The highest BCUT2D eigenvalue weighted by molar-refractivity contribution is 5.99. The summed E-state index contributed by atoms with van der Waals surface area (Å²) in [6.07, 6.45) is 1.79. The fourth-order valence-corrected chi connectivity index (χ4v) is 0.980. The van der Waals surface area contributed by atoms with Crippen LogP contribution < -0.4 is 11.2 Å². The molecular formula is C12H16F3N3. The molecule has 0 bridgehead atoms. The van der Waals surface area contributed by atoms with Crippen LogP contribution in [0.4, 0.5) is 13.2 Å². The molecule has 0 aromatic rings. The van der Waals surface area contributed by atoms with Crippen molar-refractivity contribution in [1.82, 2.24) is 5.43 Å². The Kier molecular flexibility index (Phi) is 6.56. The third kappa shape index (κ3) is 5.38. The number of hydrogen-bond donors (Lipinski definition) is 2. The van der Waals surface area contributed by atoms with Crippen molar-refractivity contribution in [3.05, 3.63) is 48.2 Å². The third-order valence-corrected chi connectivity index (χ3v) is 1.89. The Morgan fingerprint density at radius 1 is 1.33 bits per heavy atom. The van der Waals surface area contributed by atoms with Crippen LogP contribution in [-0.2, 0) is 0 Å². The first-order valence-corrected chi connectivity index (χ1v) is 5.14. The minimum Gasteiger partial charge on any atom is -0.382 e. The summed E-state index contributed by atoms with van der Waals surface area (Å²) >= 11 is 0. The number of halogens is 3. The van der Waals surface area contributed by atoms with Crippen molar-refractivity contribution >= 4 is 5.84 Å². The van der Waals surface area contributed by atoms with Crippen LogP contribution in [-0.4, -0.2) is 12.0 Å². The van der Waals surface area contributed by atoms with Gasteiger partial charge in [-0.05, 0) is 19.9 Å². The topological polar surface area (TPSA) is 50.4 Å². The van der Waals surface area contributed by atoms with E-state index in [1.54, 1.807) is 13.0 Å². The molecule has 0 aliphatic rings. The zero-order valence-electron chi connectivity index (χ0n) is 10.3. The number of rotatable bonds is 5. The molecule has 6 heteroatoms. The van der Waals surface area contributed by atoms with Crippen molar-refractivity contribution in [1.29, 1.82) is 0 Å². The minimum atomic E-state index is -4.43. The molecule has 0 spiro atoms. The summed E-state index contributed by atoms with van der Waals surface area (Å²) in [5.41, 5.74) is 7.30. The molecule has 0 aromatic heterocycles. The predicted octanol–water partition coefficient (Wildman–Crippen LogP) is 3.00. The molecule has 0 fully saturated rings. The average molecular weight is 259 g/mol. The number of nitrogens with one attached hydrogen (secondary N) is 1.